The summed E-state index contributed by atoms with van der Waals surface area (Å²) in [6.45, 7) is 3.98. The van der Waals surface area contributed by atoms with Gasteiger partial charge in [-0.3, -0.25) is 9.69 Å². The van der Waals surface area contributed by atoms with E-state index in [1.54, 1.807) is 35.1 Å². The van der Waals surface area contributed by atoms with Crippen molar-refractivity contribution in [2.24, 2.45) is 0 Å². The summed E-state index contributed by atoms with van der Waals surface area (Å²) >= 11 is 15.4. The van der Waals surface area contributed by atoms with Crippen LogP contribution in [0.2, 0.25) is 10.0 Å². The van der Waals surface area contributed by atoms with Crippen molar-refractivity contribution in [1.29, 1.82) is 0 Å². The number of aromatic nitrogens is 2. The molecule has 0 unspecified atom stereocenters. The number of rotatable bonds is 6. The van der Waals surface area contributed by atoms with Crippen molar-refractivity contribution in [3.63, 3.8) is 0 Å². The quantitative estimate of drug-likeness (QED) is 0.459. The van der Waals surface area contributed by atoms with Gasteiger partial charge >= 0.3 is 0 Å². The summed E-state index contributed by atoms with van der Waals surface area (Å²) in [5, 5.41) is 5.74. The number of nitrogens with zero attached hydrogens (tertiary/aromatic N) is 4. The van der Waals surface area contributed by atoms with Crippen LogP contribution in [0.3, 0.4) is 0 Å². The van der Waals surface area contributed by atoms with Gasteiger partial charge in [0.1, 0.15) is 5.75 Å². The van der Waals surface area contributed by atoms with E-state index in [0.717, 1.165) is 29.1 Å². The zero-order valence-corrected chi connectivity index (χ0v) is 19.8. The summed E-state index contributed by atoms with van der Waals surface area (Å²) in [6, 6.07) is 14.9. The van der Waals surface area contributed by atoms with Crippen LogP contribution in [-0.4, -0.2) is 51.7 Å². The van der Waals surface area contributed by atoms with Crippen molar-refractivity contribution in [3.8, 4) is 5.75 Å². The first-order chi connectivity index (χ1) is 15.0. The van der Waals surface area contributed by atoms with E-state index < -0.39 is 0 Å². The molecule has 162 valence electrons. The third kappa shape index (κ3) is 5.80. The standard InChI is InChI=1S/C22H21BrCl2N4O2/c23-19-13-18(25)4-5-21(19)31-15-29-7-6-20(26-29)22(30)28-10-8-27(9-11-28)14-16-2-1-3-17(24)12-16/h1-7,12-13H,8-11,14-15H2. The molecular formula is C22H21BrCl2N4O2. The average Bonchev–Trinajstić information content (AvgIpc) is 3.22. The first-order valence-electron chi connectivity index (χ1n) is 9.85. The normalized spacial score (nSPS) is 14.6. The molecule has 6 nitrogen and oxygen atoms in total. The van der Waals surface area contributed by atoms with Gasteiger partial charge in [-0.1, -0.05) is 35.3 Å². The second-order valence-electron chi connectivity index (χ2n) is 7.29. The Balaban J connectivity index is 1.29. The third-order valence-electron chi connectivity index (χ3n) is 5.06. The molecule has 3 aromatic rings. The van der Waals surface area contributed by atoms with Crippen LogP contribution < -0.4 is 4.74 Å². The number of amides is 1. The predicted molar refractivity (Wildman–Crippen MR) is 125 cm³/mol. The molecule has 1 aliphatic rings. The summed E-state index contributed by atoms with van der Waals surface area (Å²) in [6.07, 6.45) is 1.74. The van der Waals surface area contributed by atoms with Crippen molar-refractivity contribution in [2.75, 3.05) is 26.2 Å². The molecule has 0 N–H and O–H groups in total. The Morgan fingerprint density at radius 2 is 1.81 bits per heavy atom. The molecule has 1 saturated heterocycles. The largest absolute Gasteiger partial charge is 0.470 e. The monoisotopic (exact) mass is 522 g/mol. The summed E-state index contributed by atoms with van der Waals surface area (Å²) in [5.74, 6) is 0.595. The van der Waals surface area contributed by atoms with Gasteiger partial charge in [0.2, 0.25) is 0 Å². The smallest absolute Gasteiger partial charge is 0.274 e. The zero-order valence-electron chi connectivity index (χ0n) is 16.7. The predicted octanol–water partition coefficient (Wildman–Crippen LogP) is 4.95. The maximum Gasteiger partial charge on any atom is 0.274 e. The summed E-state index contributed by atoms with van der Waals surface area (Å²) in [5.41, 5.74) is 1.60. The maximum atomic E-state index is 12.8. The number of carbonyl (C=O) groups excluding carboxylic acids is 1. The Morgan fingerprint density at radius 3 is 2.55 bits per heavy atom. The van der Waals surface area contributed by atoms with Crippen molar-refractivity contribution >= 4 is 45.0 Å². The van der Waals surface area contributed by atoms with E-state index in [0.29, 0.717) is 29.6 Å². The third-order valence-corrected chi connectivity index (χ3v) is 6.15. The molecule has 9 heteroatoms. The summed E-state index contributed by atoms with van der Waals surface area (Å²) < 4.78 is 8.11. The molecule has 31 heavy (non-hydrogen) atoms. The SMILES string of the molecule is O=C(c1ccn(COc2ccc(Cl)cc2Br)n1)N1CCN(Cc2cccc(Cl)c2)CC1. The maximum absolute atomic E-state index is 12.8. The number of halogens is 3. The van der Waals surface area contributed by atoms with Crippen LogP contribution in [0.5, 0.6) is 5.75 Å². The molecule has 2 heterocycles. The lowest BCUT2D eigenvalue weighted by molar-refractivity contribution is 0.0621. The fourth-order valence-corrected chi connectivity index (χ4v) is 4.45. The molecule has 0 spiro atoms. The molecule has 0 atom stereocenters. The first-order valence-corrected chi connectivity index (χ1v) is 11.4. The highest BCUT2D eigenvalue weighted by atomic mass is 79.9. The van der Waals surface area contributed by atoms with Gasteiger partial charge < -0.3 is 9.64 Å². The highest BCUT2D eigenvalue weighted by Crippen LogP contribution is 2.28. The Kier molecular flexibility index (Phi) is 7.17. The van der Waals surface area contributed by atoms with Gasteiger partial charge in [0.25, 0.3) is 5.91 Å². The minimum absolute atomic E-state index is 0.0613. The highest BCUT2D eigenvalue weighted by molar-refractivity contribution is 9.10. The molecule has 1 amide bonds. The molecular weight excluding hydrogens is 503 g/mol. The van der Waals surface area contributed by atoms with E-state index in [2.05, 4.69) is 32.0 Å². The molecule has 1 aliphatic heterocycles. The van der Waals surface area contributed by atoms with Gasteiger partial charge in [-0.15, -0.1) is 0 Å². The lowest BCUT2D eigenvalue weighted by Gasteiger charge is -2.34. The molecule has 2 aromatic carbocycles. The summed E-state index contributed by atoms with van der Waals surface area (Å²) in [4.78, 5) is 17.0. The first kappa shape index (κ1) is 22.1. The molecule has 0 saturated carbocycles. The second-order valence-corrected chi connectivity index (χ2v) is 9.01. The van der Waals surface area contributed by atoms with Gasteiger partial charge in [0, 0.05) is 49.0 Å². The van der Waals surface area contributed by atoms with E-state index in [4.69, 9.17) is 27.9 Å². The number of benzene rings is 2. The lowest BCUT2D eigenvalue weighted by atomic mass is 10.2. The topological polar surface area (TPSA) is 50.6 Å². The van der Waals surface area contributed by atoms with E-state index in [9.17, 15) is 4.79 Å². The molecule has 1 fully saturated rings. The van der Waals surface area contributed by atoms with Gasteiger partial charge in [0.15, 0.2) is 12.4 Å². The fraction of sp³-hybridized carbons (Fsp3) is 0.273. The van der Waals surface area contributed by atoms with E-state index >= 15 is 0 Å². The van der Waals surface area contributed by atoms with Crippen LogP contribution in [0.25, 0.3) is 0 Å². The van der Waals surface area contributed by atoms with E-state index in [1.165, 1.54) is 5.56 Å². The molecule has 0 radical (unpaired) electrons. The van der Waals surface area contributed by atoms with Crippen molar-refractivity contribution < 1.29 is 9.53 Å². The Labute approximate surface area is 199 Å². The second kappa shape index (κ2) is 10.0. The van der Waals surface area contributed by atoms with Crippen molar-refractivity contribution in [1.82, 2.24) is 19.6 Å². The minimum Gasteiger partial charge on any atom is -0.470 e. The molecule has 4 rings (SSSR count). The van der Waals surface area contributed by atoms with Crippen LogP contribution >= 0.6 is 39.1 Å². The average molecular weight is 524 g/mol. The van der Waals surface area contributed by atoms with Crippen LogP contribution in [0, 0.1) is 0 Å². The van der Waals surface area contributed by atoms with Gasteiger partial charge in [0.05, 0.1) is 4.47 Å². The Bertz CT molecular complexity index is 1070. The van der Waals surface area contributed by atoms with Crippen LogP contribution in [0.1, 0.15) is 16.1 Å². The van der Waals surface area contributed by atoms with Crippen LogP contribution in [0.15, 0.2) is 59.2 Å². The number of hydrogen-bond donors (Lipinski definition) is 0. The minimum atomic E-state index is -0.0613. The van der Waals surface area contributed by atoms with E-state index in [1.807, 2.05) is 23.1 Å². The van der Waals surface area contributed by atoms with Gasteiger partial charge in [-0.05, 0) is 57.9 Å². The summed E-state index contributed by atoms with van der Waals surface area (Å²) in [7, 11) is 0. The number of hydrogen-bond acceptors (Lipinski definition) is 4. The molecule has 0 bridgehead atoms. The fourth-order valence-electron chi connectivity index (χ4n) is 3.44. The Hall–Kier alpha value is -2.06. The number of ether oxygens (including phenoxy) is 1. The van der Waals surface area contributed by atoms with Gasteiger partial charge in [-0.25, -0.2) is 4.68 Å². The molecule has 1 aromatic heterocycles. The Morgan fingerprint density at radius 1 is 1.03 bits per heavy atom. The van der Waals surface area contributed by atoms with Crippen molar-refractivity contribution in [3.05, 3.63) is 80.5 Å². The van der Waals surface area contributed by atoms with Crippen molar-refractivity contribution in [2.45, 2.75) is 13.3 Å². The zero-order chi connectivity index (χ0) is 21.8. The molecule has 0 aliphatic carbocycles. The highest BCUT2D eigenvalue weighted by Gasteiger charge is 2.23. The van der Waals surface area contributed by atoms with E-state index in [-0.39, 0.29) is 12.6 Å². The van der Waals surface area contributed by atoms with Crippen LogP contribution in [0.4, 0.5) is 0 Å². The van der Waals surface area contributed by atoms with Crippen LogP contribution in [-0.2, 0) is 13.3 Å². The number of piperazine rings is 1. The van der Waals surface area contributed by atoms with Gasteiger partial charge in [-0.2, -0.15) is 5.10 Å². The number of carbonyl (C=O) groups is 1. The lowest BCUT2D eigenvalue weighted by Crippen LogP contribution is -2.48.